The molecule has 1 aromatic rings. The number of carbonyl (C=O) groups is 2. The molecular formula is C13H21N5O2. The molecule has 0 radical (unpaired) electrons. The number of nitrogens with one attached hydrogen (secondary N) is 2. The molecule has 1 fully saturated rings. The zero-order valence-corrected chi connectivity index (χ0v) is 11.7. The molecule has 0 aliphatic heterocycles. The Balaban J connectivity index is 1.71. The molecule has 1 aliphatic carbocycles. The minimum Gasteiger partial charge on any atom is -0.396 e. The van der Waals surface area contributed by atoms with E-state index in [1.54, 1.807) is 4.68 Å². The van der Waals surface area contributed by atoms with E-state index in [1.165, 1.54) is 6.20 Å². The van der Waals surface area contributed by atoms with Gasteiger partial charge >= 0.3 is 0 Å². The van der Waals surface area contributed by atoms with Gasteiger partial charge in [-0.05, 0) is 26.2 Å². The molecule has 1 heterocycles. The number of nitrogens with two attached hydrogens (primary N) is 1. The Bertz CT molecular complexity index is 493. The molecule has 1 aromatic heterocycles. The second-order valence-electron chi connectivity index (χ2n) is 4.97. The Hall–Kier alpha value is -2.05. The van der Waals surface area contributed by atoms with Gasteiger partial charge in [0.1, 0.15) is 5.69 Å². The Morgan fingerprint density at radius 2 is 2.25 bits per heavy atom. The molecule has 7 heteroatoms. The zero-order valence-electron chi connectivity index (χ0n) is 11.7. The van der Waals surface area contributed by atoms with Gasteiger partial charge in [0.15, 0.2) is 0 Å². The van der Waals surface area contributed by atoms with E-state index in [1.807, 2.05) is 6.92 Å². The first kappa shape index (κ1) is 14.4. The SMILES string of the molecule is CCn1ncc(N)c1C(=O)NCCCC(=O)NC1CC1. The first-order valence-corrected chi connectivity index (χ1v) is 7.00. The number of carbonyl (C=O) groups excluding carboxylic acids is 2. The van der Waals surface area contributed by atoms with E-state index in [2.05, 4.69) is 15.7 Å². The highest BCUT2D eigenvalue weighted by molar-refractivity contribution is 5.97. The summed E-state index contributed by atoms with van der Waals surface area (Å²) in [6.45, 7) is 2.93. The van der Waals surface area contributed by atoms with Crippen molar-refractivity contribution in [1.29, 1.82) is 0 Å². The fourth-order valence-electron chi connectivity index (χ4n) is 1.95. The number of amides is 2. The lowest BCUT2D eigenvalue weighted by molar-refractivity contribution is -0.121. The summed E-state index contributed by atoms with van der Waals surface area (Å²) in [6, 6.07) is 0.385. The molecule has 110 valence electrons. The topological polar surface area (TPSA) is 102 Å². The molecule has 0 unspecified atom stereocenters. The minimum atomic E-state index is -0.246. The molecule has 0 saturated heterocycles. The van der Waals surface area contributed by atoms with Crippen molar-refractivity contribution in [2.24, 2.45) is 0 Å². The van der Waals surface area contributed by atoms with Gasteiger partial charge < -0.3 is 16.4 Å². The second-order valence-corrected chi connectivity index (χ2v) is 4.97. The summed E-state index contributed by atoms with van der Waals surface area (Å²) in [5.41, 5.74) is 6.48. The quantitative estimate of drug-likeness (QED) is 0.624. The number of hydrogen-bond acceptors (Lipinski definition) is 4. The highest BCUT2D eigenvalue weighted by atomic mass is 16.2. The smallest absolute Gasteiger partial charge is 0.271 e. The predicted octanol–water partition coefficient (Wildman–Crippen LogP) is 0.274. The van der Waals surface area contributed by atoms with Crippen LogP contribution < -0.4 is 16.4 Å². The Morgan fingerprint density at radius 1 is 1.50 bits per heavy atom. The van der Waals surface area contributed by atoms with E-state index in [4.69, 9.17) is 5.73 Å². The maximum absolute atomic E-state index is 12.0. The van der Waals surface area contributed by atoms with Crippen LogP contribution in [0.15, 0.2) is 6.20 Å². The first-order chi connectivity index (χ1) is 9.61. The molecule has 0 spiro atoms. The highest BCUT2D eigenvalue weighted by Crippen LogP contribution is 2.18. The predicted molar refractivity (Wildman–Crippen MR) is 75.0 cm³/mol. The number of hydrogen-bond donors (Lipinski definition) is 3. The van der Waals surface area contributed by atoms with Crippen molar-refractivity contribution in [3.05, 3.63) is 11.9 Å². The van der Waals surface area contributed by atoms with E-state index in [0.717, 1.165) is 12.8 Å². The van der Waals surface area contributed by atoms with Gasteiger partial charge in [0.05, 0.1) is 11.9 Å². The maximum atomic E-state index is 12.0. The van der Waals surface area contributed by atoms with Crippen LogP contribution in [-0.2, 0) is 11.3 Å². The minimum absolute atomic E-state index is 0.0554. The third-order valence-electron chi connectivity index (χ3n) is 3.19. The summed E-state index contributed by atoms with van der Waals surface area (Å²) in [5, 5.41) is 9.69. The number of nitrogen functional groups attached to an aromatic ring is 1. The third-order valence-corrected chi connectivity index (χ3v) is 3.19. The van der Waals surface area contributed by atoms with Crippen molar-refractivity contribution in [3.63, 3.8) is 0 Å². The summed E-state index contributed by atoms with van der Waals surface area (Å²) in [7, 11) is 0. The van der Waals surface area contributed by atoms with E-state index in [0.29, 0.717) is 43.4 Å². The van der Waals surface area contributed by atoms with E-state index in [9.17, 15) is 9.59 Å². The van der Waals surface area contributed by atoms with Gasteiger partial charge in [-0.3, -0.25) is 14.3 Å². The number of aryl methyl sites for hydroxylation is 1. The van der Waals surface area contributed by atoms with Crippen LogP contribution >= 0.6 is 0 Å². The molecule has 4 N–H and O–H groups in total. The van der Waals surface area contributed by atoms with Gasteiger partial charge in [-0.25, -0.2) is 0 Å². The molecule has 0 bridgehead atoms. The van der Waals surface area contributed by atoms with Crippen LogP contribution in [0.3, 0.4) is 0 Å². The number of nitrogens with zero attached hydrogens (tertiary/aromatic N) is 2. The molecule has 1 aliphatic rings. The Labute approximate surface area is 117 Å². The normalized spacial score (nSPS) is 14.1. The van der Waals surface area contributed by atoms with Crippen molar-refractivity contribution < 1.29 is 9.59 Å². The summed E-state index contributed by atoms with van der Waals surface area (Å²) in [4.78, 5) is 23.4. The molecular weight excluding hydrogens is 258 g/mol. The lowest BCUT2D eigenvalue weighted by Crippen LogP contribution is -2.30. The highest BCUT2D eigenvalue weighted by Gasteiger charge is 2.22. The lowest BCUT2D eigenvalue weighted by Gasteiger charge is -2.08. The van der Waals surface area contributed by atoms with Crippen molar-refractivity contribution in [2.45, 2.75) is 45.2 Å². The van der Waals surface area contributed by atoms with Gasteiger partial charge in [-0.2, -0.15) is 5.10 Å². The van der Waals surface area contributed by atoms with Gasteiger partial charge in [0, 0.05) is 25.6 Å². The first-order valence-electron chi connectivity index (χ1n) is 7.00. The van der Waals surface area contributed by atoms with Crippen molar-refractivity contribution >= 4 is 17.5 Å². The van der Waals surface area contributed by atoms with Gasteiger partial charge in [-0.1, -0.05) is 0 Å². The number of aromatic nitrogens is 2. The summed E-state index contributed by atoms with van der Waals surface area (Å²) in [6.07, 6.45) is 4.69. The van der Waals surface area contributed by atoms with Crippen LogP contribution in [0.4, 0.5) is 5.69 Å². The van der Waals surface area contributed by atoms with Gasteiger partial charge in [-0.15, -0.1) is 0 Å². The van der Waals surface area contributed by atoms with E-state index in [-0.39, 0.29) is 11.8 Å². The number of anilines is 1. The molecule has 1 saturated carbocycles. The van der Waals surface area contributed by atoms with Gasteiger partial charge in [0.25, 0.3) is 5.91 Å². The lowest BCUT2D eigenvalue weighted by atomic mass is 10.2. The van der Waals surface area contributed by atoms with Crippen LogP contribution in [0.5, 0.6) is 0 Å². The fraction of sp³-hybridized carbons (Fsp3) is 0.615. The molecule has 0 atom stereocenters. The average molecular weight is 279 g/mol. The third kappa shape index (κ3) is 3.72. The second kappa shape index (κ2) is 6.40. The molecule has 0 aromatic carbocycles. The molecule has 7 nitrogen and oxygen atoms in total. The van der Waals surface area contributed by atoms with Gasteiger partial charge in [0.2, 0.25) is 5.91 Å². The summed E-state index contributed by atoms with van der Waals surface area (Å²) >= 11 is 0. The standard InChI is InChI=1S/C13H21N5O2/c1-2-18-12(10(14)8-16-18)13(20)15-7-3-4-11(19)17-9-5-6-9/h8-9H,2-7,14H2,1H3,(H,15,20)(H,17,19). The van der Waals surface area contributed by atoms with Crippen molar-refractivity contribution in [1.82, 2.24) is 20.4 Å². The van der Waals surface area contributed by atoms with E-state index < -0.39 is 0 Å². The summed E-state index contributed by atoms with van der Waals surface area (Å²) in [5.74, 6) is -0.190. The largest absolute Gasteiger partial charge is 0.396 e. The average Bonchev–Trinajstić information content (AvgIpc) is 3.14. The Kier molecular flexibility index (Phi) is 4.60. The van der Waals surface area contributed by atoms with Crippen LogP contribution in [-0.4, -0.2) is 34.2 Å². The monoisotopic (exact) mass is 279 g/mol. The molecule has 2 amide bonds. The van der Waals surface area contributed by atoms with Crippen LogP contribution in [0.25, 0.3) is 0 Å². The maximum Gasteiger partial charge on any atom is 0.271 e. The van der Waals surface area contributed by atoms with Crippen molar-refractivity contribution in [2.75, 3.05) is 12.3 Å². The molecule has 20 heavy (non-hydrogen) atoms. The fourth-order valence-corrected chi connectivity index (χ4v) is 1.95. The molecule has 2 rings (SSSR count). The van der Waals surface area contributed by atoms with Crippen molar-refractivity contribution in [3.8, 4) is 0 Å². The Morgan fingerprint density at radius 3 is 2.90 bits per heavy atom. The zero-order chi connectivity index (χ0) is 14.5. The summed E-state index contributed by atoms with van der Waals surface area (Å²) < 4.78 is 1.56. The van der Waals surface area contributed by atoms with Crippen LogP contribution in [0, 0.1) is 0 Å². The number of rotatable bonds is 7. The van der Waals surface area contributed by atoms with Crippen LogP contribution in [0.2, 0.25) is 0 Å². The van der Waals surface area contributed by atoms with E-state index >= 15 is 0 Å². The van der Waals surface area contributed by atoms with Crippen LogP contribution in [0.1, 0.15) is 43.1 Å².